The molecule has 3 aromatic heterocycles. The monoisotopic (exact) mass is 397 g/mol. The van der Waals surface area contributed by atoms with E-state index < -0.39 is 0 Å². The first-order valence-corrected chi connectivity index (χ1v) is 10.5. The van der Waals surface area contributed by atoms with Gasteiger partial charge in [-0.15, -0.1) is 11.3 Å². The lowest BCUT2D eigenvalue weighted by atomic mass is 10.1. The van der Waals surface area contributed by atoms with Crippen molar-refractivity contribution in [3.8, 4) is 10.6 Å². The van der Waals surface area contributed by atoms with Crippen molar-refractivity contribution in [1.29, 1.82) is 0 Å². The van der Waals surface area contributed by atoms with E-state index >= 15 is 0 Å². The minimum atomic E-state index is -0.280. The van der Waals surface area contributed by atoms with Crippen LogP contribution >= 0.6 is 22.7 Å². The molecule has 1 N–H and O–H groups in total. The molecule has 1 amide bonds. The number of carbonyl (C=O) groups is 1. The van der Waals surface area contributed by atoms with Gasteiger partial charge in [-0.2, -0.15) is 5.10 Å². The molecule has 6 nitrogen and oxygen atoms in total. The van der Waals surface area contributed by atoms with Gasteiger partial charge in [0.05, 0.1) is 21.5 Å². The summed E-state index contributed by atoms with van der Waals surface area (Å²) in [6, 6.07) is 7.51. The number of nitrogens with zero attached hydrogens (tertiary/aromatic N) is 4. The number of carbonyl (C=O) groups excluding carboxylic acids is 1. The number of amides is 1. The van der Waals surface area contributed by atoms with Crippen molar-refractivity contribution >= 4 is 39.9 Å². The lowest BCUT2D eigenvalue weighted by molar-refractivity contribution is 0.0955. The summed E-state index contributed by atoms with van der Waals surface area (Å²) in [6.45, 7) is 2.09. The number of rotatable bonds is 5. The van der Waals surface area contributed by atoms with Crippen molar-refractivity contribution < 1.29 is 4.79 Å². The van der Waals surface area contributed by atoms with Gasteiger partial charge >= 0.3 is 0 Å². The number of aromatic nitrogens is 2. The molecule has 1 fully saturated rings. The van der Waals surface area contributed by atoms with Gasteiger partial charge in [0.1, 0.15) is 5.69 Å². The van der Waals surface area contributed by atoms with E-state index in [1.165, 1.54) is 25.5 Å². The van der Waals surface area contributed by atoms with Crippen LogP contribution in [0.3, 0.4) is 0 Å². The number of hydrazone groups is 1. The van der Waals surface area contributed by atoms with Crippen molar-refractivity contribution in [2.24, 2.45) is 5.10 Å². The summed E-state index contributed by atoms with van der Waals surface area (Å²) in [5.74, 6) is -0.280. The molecule has 138 valence electrons. The van der Waals surface area contributed by atoms with E-state index in [0.717, 1.165) is 33.7 Å². The Balaban J connectivity index is 1.55. The molecule has 3 aromatic rings. The van der Waals surface area contributed by atoms with E-state index in [1.807, 2.05) is 11.4 Å². The third kappa shape index (κ3) is 4.23. The molecule has 0 unspecified atom stereocenters. The molecular formula is C19H19N5OS2. The first kappa shape index (κ1) is 17.8. The molecule has 1 aliphatic heterocycles. The maximum absolute atomic E-state index is 12.1. The summed E-state index contributed by atoms with van der Waals surface area (Å²) in [5, 5.41) is 7.22. The Morgan fingerprint density at radius 3 is 2.85 bits per heavy atom. The molecule has 1 saturated heterocycles. The van der Waals surface area contributed by atoms with Gasteiger partial charge in [0.25, 0.3) is 5.91 Å². The predicted octanol–water partition coefficient (Wildman–Crippen LogP) is 4.02. The van der Waals surface area contributed by atoms with E-state index in [9.17, 15) is 4.79 Å². The molecule has 0 aromatic carbocycles. The van der Waals surface area contributed by atoms with Crippen LogP contribution in [0.5, 0.6) is 0 Å². The molecule has 27 heavy (non-hydrogen) atoms. The average Bonchev–Trinajstić information content (AvgIpc) is 3.39. The Bertz CT molecular complexity index is 915. The maximum Gasteiger partial charge on any atom is 0.272 e. The van der Waals surface area contributed by atoms with Crippen LogP contribution in [0.15, 0.2) is 47.1 Å². The van der Waals surface area contributed by atoms with Crippen molar-refractivity contribution in [1.82, 2.24) is 15.4 Å². The summed E-state index contributed by atoms with van der Waals surface area (Å²) in [7, 11) is 0. The van der Waals surface area contributed by atoms with Crippen molar-refractivity contribution in [2.45, 2.75) is 19.3 Å². The lowest BCUT2D eigenvalue weighted by Gasteiger charge is -2.25. The van der Waals surface area contributed by atoms with Gasteiger partial charge in [-0.05, 0) is 42.8 Å². The first-order valence-electron chi connectivity index (χ1n) is 8.84. The van der Waals surface area contributed by atoms with Crippen LogP contribution in [0.4, 0.5) is 5.13 Å². The van der Waals surface area contributed by atoms with Crippen LogP contribution < -0.4 is 10.3 Å². The van der Waals surface area contributed by atoms with E-state index in [4.69, 9.17) is 4.98 Å². The molecule has 0 saturated carbocycles. The van der Waals surface area contributed by atoms with Crippen LogP contribution in [0.25, 0.3) is 10.6 Å². The summed E-state index contributed by atoms with van der Waals surface area (Å²) in [6.07, 6.45) is 8.54. The smallest absolute Gasteiger partial charge is 0.272 e. The van der Waals surface area contributed by atoms with Gasteiger partial charge in [0.15, 0.2) is 5.13 Å². The fourth-order valence-corrected chi connectivity index (χ4v) is 4.72. The zero-order valence-corrected chi connectivity index (χ0v) is 16.3. The molecule has 0 spiro atoms. The number of hydrogen-bond donors (Lipinski definition) is 1. The van der Waals surface area contributed by atoms with Crippen LogP contribution in [0.2, 0.25) is 0 Å². The Labute approximate surface area is 165 Å². The van der Waals surface area contributed by atoms with Crippen molar-refractivity contribution in [2.75, 3.05) is 18.0 Å². The predicted molar refractivity (Wildman–Crippen MR) is 111 cm³/mol. The highest BCUT2D eigenvalue weighted by atomic mass is 32.1. The minimum absolute atomic E-state index is 0.280. The Morgan fingerprint density at radius 1 is 1.22 bits per heavy atom. The normalized spacial score (nSPS) is 14.6. The second-order valence-electron chi connectivity index (χ2n) is 6.18. The zero-order valence-electron chi connectivity index (χ0n) is 14.7. The van der Waals surface area contributed by atoms with Crippen LogP contribution in [-0.4, -0.2) is 35.2 Å². The van der Waals surface area contributed by atoms with Crippen LogP contribution in [-0.2, 0) is 0 Å². The number of anilines is 1. The fraction of sp³-hybridized carbons (Fsp3) is 0.263. The summed E-state index contributed by atoms with van der Waals surface area (Å²) < 4.78 is 0. The SMILES string of the molecule is O=C(NN=Cc1sc(N2CCCCC2)nc1-c1cccs1)c1cccnc1. The highest BCUT2D eigenvalue weighted by molar-refractivity contribution is 7.18. The minimum Gasteiger partial charge on any atom is -0.348 e. The first-order chi connectivity index (χ1) is 13.3. The molecule has 1 aliphatic rings. The Morgan fingerprint density at radius 2 is 2.11 bits per heavy atom. The van der Waals surface area contributed by atoms with Gasteiger partial charge in [0, 0.05) is 25.5 Å². The van der Waals surface area contributed by atoms with Crippen molar-refractivity contribution in [3.05, 3.63) is 52.5 Å². The maximum atomic E-state index is 12.1. The van der Waals surface area contributed by atoms with Gasteiger partial charge in [-0.25, -0.2) is 10.4 Å². The largest absolute Gasteiger partial charge is 0.348 e. The van der Waals surface area contributed by atoms with E-state index in [0.29, 0.717) is 5.56 Å². The molecule has 4 rings (SSSR count). The number of thiazole rings is 1. The molecule has 0 radical (unpaired) electrons. The van der Waals surface area contributed by atoms with E-state index in [2.05, 4.69) is 26.5 Å². The topological polar surface area (TPSA) is 70.5 Å². The molecule has 4 heterocycles. The molecule has 0 bridgehead atoms. The Kier molecular flexibility index (Phi) is 5.55. The summed E-state index contributed by atoms with van der Waals surface area (Å²) in [5.41, 5.74) is 3.97. The average molecular weight is 398 g/mol. The Hall–Kier alpha value is -2.58. The second kappa shape index (κ2) is 8.41. The second-order valence-corrected chi connectivity index (χ2v) is 8.13. The molecule has 0 aliphatic carbocycles. The van der Waals surface area contributed by atoms with Crippen LogP contribution in [0.1, 0.15) is 34.5 Å². The standard InChI is InChI=1S/C19H19N5OS2/c25-18(14-6-4-8-20-12-14)23-21-13-16-17(15-7-5-11-26-15)22-19(27-16)24-9-2-1-3-10-24/h4-8,11-13H,1-3,9-10H2,(H,23,25). The number of hydrogen-bond acceptors (Lipinski definition) is 7. The third-order valence-corrected chi connectivity index (χ3v) is 6.22. The zero-order chi connectivity index (χ0) is 18.5. The summed E-state index contributed by atoms with van der Waals surface area (Å²) in [4.78, 5) is 25.3. The highest BCUT2D eigenvalue weighted by Gasteiger charge is 2.19. The van der Waals surface area contributed by atoms with E-state index in [1.54, 1.807) is 47.2 Å². The molecular weight excluding hydrogens is 378 g/mol. The number of piperidine rings is 1. The number of pyridine rings is 1. The van der Waals surface area contributed by atoms with E-state index in [-0.39, 0.29) is 5.91 Å². The molecule has 0 atom stereocenters. The van der Waals surface area contributed by atoms with Gasteiger partial charge < -0.3 is 4.90 Å². The third-order valence-electron chi connectivity index (χ3n) is 4.29. The molecule has 8 heteroatoms. The van der Waals surface area contributed by atoms with Crippen molar-refractivity contribution in [3.63, 3.8) is 0 Å². The highest BCUT2D eigenvalue weighted by Crippen LogP contribution is 2.35. The van der Waals surface area contributed by atoms with Crippen LogP contribution in [0, 0.1) is 0 Å². The fourth-order valence-electron chi connectivity index (χ4n) is 2.93. The summed E-state index contributed by atoms with van der Waals surface area (Å²) >= 11 is 3.28. The lowest BCUT2D eigenvalue weighted by Crippen LogP contribution is -2.29. The quantitative estimate of drug-likeness (QED) is 0.521. The van der Waals surface area contributed by atoms with Gasteiger partial charge in [-0.1, -0.05) is 17.4 Å². The van der Waals surface area contributed by atoms with Gasteiger partial charge in [0.2, 0.25) is 0 Å². The number of thiophene rings is 1. The van der Waals surface area contributed by atoms with Gasteiger partial charge in [-0.3, -0.25) is 9.78 Å². The number of nitrogens with one attached hydrogen (secondary N) is 1.